The van der Waals surface area contributed by atoms with Crippen molar-refractivity contribution in [2.45, 2.75) is 12.5 Å². The van der Waals surface area contributed by atoms with Gasteiger partial charge in [-0.1, -0.05) is 0 Å². The fraction of sp³-hybridized carbons (Fsp3) is 0.308. The van der Waals surface area contributed by atoms with Crippen LogP contribution in [0.2, 0.25) is 0 Å². The molecule has 1 unspecified atom stereocenters. The number of hydrogen-bond acceptors (Lipinski definition) is 10. The summed E-state index contributed by atoms with van der Waals surface area (Å²) in [6.45, 7) is 0. The Hall–Kier alpha value is -4.34. The van der Waals surface area contributed by atoms with Gasteiger partial charge in [-0.05, 0) is 30.3 Å². The summed E-state index contributed by atoms with van der Waals surface area (Å²) in [6, 6.07) is 9.80. The Labute approximate surface area is 209 Å². The van der Waals surface area contributed by atoms with Gasteiger partial charge in [-0.3, -0.25) is 0 Å². The zero-order valence-corrected chi connectivity index (χ0v) is 21.1. The predicted molar refractivity (Wildman–Crippen MR) is 134 cm³/mol. The van der Waals surface area contributed by atoms with Crippen LogP contribution in [0, 0.1) is 0 Å². The minimum atomic E-state index is -0.634. The fourth-order valence-corrected chi connectivity index (χ4v) is 3.81. The minimum Gasteiger partial charge on any atom is -0.497 e. The van der Waals surface area contributed by atoms with Crippen LogP contribution < -0.4 is 29.6 Å². The van der Waals surface area contributed by atoms with E-state index in [0.29, 0.717) is 51.2 Å². The number of carbonyl (C=O) groups excluding carboxylic acids is 2. The van der Waals surface area contributed by atoms with E-state index in [9.17, 15) is 9.59 Å². The quantitative estimate of drug-likeness (QED) is 0.472. The number of benzene rings is 2. The van der Waals surface area contributed by atoms with Gasteiger partial charge in [-0.25, -0.2) is 9.59 Å². The van der Waals surface area contributed by atoms with Crippen molar-refractivity contribution in [2.24, 2.45) is 0 Å². The molecule has 192 valence electrons. The van der Waals surface area contributed by atoms with E-state index in [-0.39, 0.29) is 6.42 Å². The van der Waals surface area contributed by atoms with E-state index in [4.69, 9.17) is 28.4 Å². The second-order valence-corrected chi connectivity index (χ2v) is 7.63. The third-order valence-corrected chi connectivity index (χ3v) is 5.67. The standard InChI is InChI=1S/C26H30N2O8/c1-31-15-7-9-23(33-3)21(11-15)27-19-13-18(26(30)36-6)20(14-17(19)25(29)35-5)28-22-12-16(32-2)8-10-24(22)34-4/h7-13,20,27-28H,14H2,1-6H3. The largest absolute Gasteiger partial charge is 0.497 e. The van der Waals surface area contributed by atoms with Crippen LogP contribution in [0.15, 0.2) is 59.3 Å². The second-order valence-electron chi connectivity index (χ2n) is 7.63. The van der Waals surface area contributed by atoms with Gasteiger partial charge in [-0.2, -0.15) is 0 Å². The van der Waals surface area contributed by atoms with Crippen LogP contribution >= 0.6 is 0 Å². The van der Waals surface area contributed by atoms with Gasteiger partial charge in [0.1, 0.15) is 23.0 Å². The van der Waals surface area contributed by atoms with E-state index in [2.05, 4.69) is 10.6 Å². The molecule has 0 aromatic heterocycles. The molecule has 1 aliphatic carbocycles. The number of hydrogen-bond donors (Lipinski definition) is 2. The highest BCUT2D eigenvalue weighted by Gasteiger charge is 2.33. The number of esters is 2. The maximum atomic E-state index is 12.8. The second kappa shape index (κ2) is 11.9. The van der Waals surface area contributed by atoms with Gasteiger partial charge in [0.15, 0.2) is 0 Å². The fourth-order valence-electron chi connectivity index (χ4n) is 3.81. The van der Waals surface area contributed by atoms with Crippen LogP contribution in [-0.2, 0) is 19.1 Å². The van der Waals surface area contributed by atoms with Crippen molar-refractivity contribution in [1.29, 1.82) is 0 Å². The molecule has 2 aromatic rings. The Morgan fingerprint density at radius 2 is 1.31 bits per heavy atom. The molecule has 10 heteroatoms. The van der Waals surface area contributed by atoms with E-state index in [1.54, 1.807) is 56.7 Å². The normalized spacial score (nSPS) is 14.8. The van der Waals surface area contributed by atoms with Crippen molar-refractivity contribution < 1.29 is 38.0 Å². The van der Waals surface area contributed by atoms with Gasteiger partial charge in [-0.15, -0.1) is 0 Å². The molecule has 0 saturated carbocycles. The van der Waals surface area contributed by atoms with E-state index < -0.39 is 18.0 Å². The van der Waals surface area contributed by atoms with Crippen molar-refractivity contribution in [2.75, 3.05) is 53.3 Å². The molecule has 1 aliphatic rings. The third-order valence-electron chi connectivity index (χ3n) is 5.67. The summed E-state index contributed by atoms with van der Waals surface area (Å²) in [6.07, 6.45) is 1.67. The lowest BCUT2D eigenvalue weighted by atomic mass is 9.90. The van der Waals surface area contributed by atoms with Crippen molar-refractivity contribution in [3.8, 4) is 23.0 Å². The van der Waals surface area contributed by atoms with Crippen LogP contribution in [0.4, 0.5) is 11.4 Å². The monoisotopic (exact) mass is 498 g/mol. The maximum absolute atomic E-state index is 12.8. The first-order chi connectivity index (χ1) is 17.4. The first kappa shape index (κ1) is 26.3. The molecule has 0 radical (unpaired) electrons. The highest BCUT2D eigenvalue weighted by atomic mass is 16.5. The van der Waals surface area contributed by atoms with E-state index in [1.807, 2.05) is 0 Å². The average Bonchev–Trinajstić information content (AvgIpc) is 2.92. The molecule has 0 fully saturated rings. The summed E-state index contributed by atoms with van der Waals surface area (Å²) in [4.78, 5) is 25.6. The molecule has 2 N–H and O–H groups in total. The molecule has 10 nitrogen and oxygen atoms in total. The molecule has 36 heavy (non-hydrogen) atoms. The topological polar surface area (TPSA) is 114 Å². The van der Waals surface area contributed by atoms with Crippen molar-refractivity contribution in [3.05, 3.63) is 59.3 Å². The average molecular weight is 499 g/mol. The minimum absolute atomic E-state index is 0.114. The number of nitrogens with one attached hydrogen (secondary N) is 2. The number of ether oxygens (including phenoxy) is 6. The number of methoxy groups -OCH3 is 6. The smallest absolute Gasteiger partial charge is 0.335 e. The maximum Gasteiger partial charge on any atom is 0.335 e. The van der Waals surface area contributed by atoms with Crippen molar-refractivity contribution in [1.82, 2.24) is 0 Å². The van der Waals surface area contributed by atoms with Crippen LogP contribution in [0.3, 0.4) is 0 Å². The molecule has 0 bridgehead atoms. The van der Waals surface area contributed by atoms with Gasteiger partial charge < -0.3 is 39.1 Å². The number of allylic oxidation sites excluding steroid dienone is 1. The van der Waals surface area contributed by atoms with Crippen LogP contribution in [0.5, 0.6) is 23.0 Å². The van der Waals surface area contributed by atoms with Crippen LogP contribution in [0.25, 0.3) is 0 Å². The molecule has 2 aromatic carbocycles. The third kappa shape index (κ3) is 5.65. The zero-order chi connectivity index (χ0) is 26.2. The van der Waals surface area contributed by atoms with Crippen LogP contribution in [-0.4, -0.2) is 60.6 Å². The molecular weight excluding hydrogens is 468 g/mol. The SMILES string of the molecule is COC(=O)C1=CC(Nc2cc(OC)ccc2OC)=C(C(=O)OC)CC1Nc1cc(OC)ccc1OC. The zero-order valence-electron chi connectivity index (χ0n) is 21.1. The summed E-state index contributed by atoms with van der Waals surface area (Å²) in [7, 11) is 8.75. The van der Waals surface area contributed by atoms with Gasteiger partial charge in [0.25, 0.3) is 0 Å². The lowest BCUT2D eigenvalue weighted by molar-refractivity contribution is -0.138. The van der Waals surface area contributed by atoms with Crippen molar-refractivity contribution in [3.63, 3.8) is 0 Å². The van der Waals surface area contributed by atoms with E-state index in [0.717, 1.165) is 0 Å². The Bertz CT molecular complexity index is 1190. The highest BCUT2D eigenvalue weighted by molar-refractivity contribution is 5.97. The number of carbonyl (C=O) groups is 2. The van der Waals surface area contributed by atoms with Gasteiger partial charge >= 0.3 is 11.9 Å². The lowest BCUT2D eigenvalue weighted by Gasteiger charge is -2.29. The summed E-state index contributed by atoms with van der Waals surface area (Å²) in [5.41, 5.74) is 2.08. The Morgan fingerprint density at radius 1 is 0.750 bits per heavy atom. The Balaban J connectivity index is 2.08. The van der Waals surface area contributed by atoms with Gasteiger partial charge in [0.05, 0.1) is 71.2 Å². The Kier molecular flexibility index (Phi) is 8.66. The highest BCUT2D eigenvalue weighted by Crippen LogP contribution is 2.36. The molecule has 0 spiro atoms. The molecular formula is C26H30N2O8. The summed E-state index contributed by atoms with van der Waals surface area (Å²) >= 11 is 0. The van der Waals surface area contributed by atoms with Crippen LogP contribution in [0.1, 0.15) is 6.42 Å². The lowest BCUT2D eigenvalue weighted by Crippen LogP contribution is -2.33. The first-order valence-electron chi connectivity index (χ1n) is 11.0. The summed E-state index contributed by atoms with van der Waals surface area (Å²) in [5, 5.41) is 6.48. The Morgan fingerprint density at radius 3 is 1.83 bits per heavy atom. The van der Waals surface area contributed by atoms with Crippen molar-refractivity contribution >= 4 is 23.3 Å². The molecule has 3 rings (SSSR count). The first-order valence-corrected chi connectivity index (χ1v) is 11.0. The molecule has 0 heterocycles. The molecule has 0 saturated heterocycles. The van der Waals surface area contributed by atoms with E-state index >= 15 is 0 Å². The molecule has 0 amide bonds. The number of rotatable bonds is 10. The van der Waals surface area contributed by atoms with E-state index in [1.165, 1.54) is 28.4 Å². The van der Waals surface area contributed by atoms with Gasteiger partial charge in [0.2, 0.25) is 0 Å². The number of anilines is 2. The molecule has 0 aliphatic heterocycles. The molecule has 1 atom stereocenters. The van der Waals surface area contributed by atoms with Gasteiger partial charge in [0, 0.05) is 24.3 Å². The summed E-state index contributed by atoms with van der Waals surface area (Å²) < 4.78 is 31.6. The summed E-state index contributed by atoms with van der Waals surface area (Å²) in [5.74, 6) is 1.11. The predicted octanol–water partition coefficient (Wildman–Crippen LogP) is 3.54.